The number of carbonyl (C=O) groups excluding carboxylic acids is 1. The lowest BCUT2D eigenvalue weighted by Crippen LogP contribution is -2.19. The molecule has 4 rings (SSSR count). The van der Waals surface area contributed by atoms with Crippen molar-refractivity contribution in [2.24, 2.45) is 0 Å². The van der Waals surface area contributed by atoms with Crippen LogP contribution in [0.1, 0.15) is 12.7 Å². The van der Waals surface area contributed by atoms with Crippen LogP contribution in [-0.2, 0) is 6.42 Å². The minimum atomic E-state index is -0.362. The average Bonchev–Trinajstić information content (AvgIpc) is 2.86. The van der Waals surface area contributed by atoms with Gasteiger partial charge in [0.25, 0.3) is 0 Å². The maximum Gasteiger partial charge on any atom is 0.323 e. The van der Waals surface area contributed by atoms with E-state index in [0.29, 0.717) is 28.8 Å². The van der Waals surface area contributed by atoms with Crippen LogP contribution in [0.4, 0.5) is 16.2 Å². The molecule has 166 valence electrons. The molecule has 0 atom stereocenters. The van der Waals surface area contributed by atoms with Gasteiger partial charge in [-0.05, 0) is 42.5 Å². The molecule has 2 N–H and O–H groups in total. The van der Waals surface area contributed by atoms with E-state index >= 15 is 0 Å². The molecule has 0 aliphatic heterocycles. The van der Waals surface area contributed by atoms with Gasteiger partial charge in [0.1, 0.15) is 5.82 Å². The van der Waals surface area contributed by atoms with E-state index in [-0.39, 0.29) is 6.03 Å². The molecule has 0 fully saturated rings. The van der Waals surface area contributed by atoms with Crippen molar-refractivity contribution < 1.29 is 14.3 Å². The predicted octanol–water partition coefficient (Wildman–Crippen LogP) is 5.55. The summed E-state index contributed by atoms with van der Waals surface area (Å²) in [6, 6.07) is 19.5. The molecule has 8 nitrogen and oxygen atoms in total. The number of pyridine rings is 1. The molecule has 0 spiro atoms. The standard InChI is InChI=1S/C25H23N5O3/c1-3-23-26-15-13-20(30-23)19-10-7-14-27-24(19)33-21-12-11-18(16-22(21)32-2)29-25(31)28-17-8-5-4-6-9-17/h4-16H,3H2,1-2H3,(H2,28,29,31). The molecule has 0 saturated heterocycles. The average molecular weight is 441 g/mol. The van der Waals surface area contributed by atoms with Gasteiger partial charge >= 0.3 is 6.03 Å². The third-order valence-corrected chi connectivity index (χ3v) is 4.73. The van der Waals surface area contributed by atoms with Crippen molar-refractivity contribution in [3.05, 3.63) is 84.9 Å². The van der Waals surface area contributed by atoms with E-state index in [9.17, 15) is 4.79 Å². The molecular weight excluding hydrogens is 418 g/mol. The summed E-state index contributed by atoms with van der Waals surface area (Å²) in [6.07, 6.45) is 4.10. The fourth-order valence-electron chi connectivity index (χ4n) is 3.14. The zero-order valence-corrected chi connectivity index (χ0v) is 18.3. The first-order chi connectivity index (χ1) is 16.2. The summed E-state index contributed by atoms with van der Waals surface area (Å²) in [6.45, 7) is 2.00. The number of methoxy groups -OCH3 is 1. The number of aryl methyl sites for hydroxylation is 1. The van der Waals surface area contributed by atoms with E-state index in [1.807, 2.05) is 55.5 Å². The van der Waals surface area contributed by atoms with Gasteiger partial charge in [-0.3, -0.25) is 0 Å². The predicted molar refractivity (Wildman–Crippen MR) is 127 cm³/mol. The number of ether oxygens (including phenoxy) is 2. The molecule has 0 saturated carbocycles. The van der Waals surface area contributed by atoms with Crippen molar-refractivity contribution in [1.82, 2.24) is 15.0 Å². The molecule has 2 amide bonds. The molecule has 4 aromatic rings. The second-order valence-corrected chi connectivity index (χ2v) is 6.98. The van der Waals surface area contributed by atoms with Gasteiger partial charge in [0.05, 0.1) is 18.4 Å². The third-order valence-electron chi connectivity index (χ3n) is 4.73. The number of nitrogens with one attached hydrogen (secondary N) is 2. The van der Waals surface area contributed by atoms with Crippen molar-refractivity contribution in [2.75, 3.05) is 17.7 Å². The Labute approximate surface area is 191 Å². The molecule has 33 heavy (non-hydrogen) atoms. The van der Waals surface area contributed by atoms with Crippen LogP contribution in [0.3, 0.4) is 0 Å². The molecule has 2 aromatic heterocycles. The van der Waals surface area contributed by atoms with Crippen LogP contribution in [0.2, 0.25) is 0 Å². The van der Waals surface area contributed by atoms with Crippen molar-refractivity contribution in [2.45, 2.75) is 13.3 Å². The third kappa shape index (κ3) is 5.43. The maximum atomic E-state index is 12.3. The van der Waals surface area contributed by atoms with E-state index in [2.05, 4.69) is 25.6 Å². The summed E-state index contributed by atoms with van der Waals surface area (Å²) in [4.78, 5) is 25.5. The number of hydrogen-bond donors (Lipinski definition) is 2. The maximum absolute atomic E-state index is 12.3. The molecule has 0 aliphatic carbocycles. The summed E-state index contributed by atoms with van der Waals surface area (Å²) in [7, 11) is 1.54. The highest BCUT2D eigenvalue weighted by atomic mass is 16.5. The van der Waals surface area contributed by atoms with E-state index in [1.165, 1.54) is 7.11 Å². The van der Waals surface area contributed by atoms with Gasteiger partial charge < -0.3 is 20.1 Å². The van der Waals surface area contributed by atoms with Gasteiger partial charge in [0, 0.05) is 36.3 Å². The van der Waals surface area contributed by atoms with Gasteiger partial charge in [-0.15, -0.1) is 0 Å². The number of para-hydroxylation sites is 1. The van der Waals surface area contributed by atoms with Gasteiger partial charge in [-0.2, -0.15) is 0 Å². The Balaban J connectivity index is 1.54. The minimum Gasteiger partial charge on any atom is -0.493 e. The Bertz CT molecular complexity index is 1250. The largest absolute Gasteiger partial charge is 0.493 e. The fraction of sp³-hybridized carbons (Fsp3) is 0.120. The normalized spacial score (nSPS) is 10.4. The number of hydrogen-bond acceptors (Lipinski definition) is 6. The van der Waals surface area contributed by atoms with Crippen LogP contribution in [-0.4, -0.2) is 28.1 Å². The molecule has 0 unspecified atom stereocenters. The summed E-state index contributed by atoms with van der Waals surface area (Å²) >= 11 is 0. The minimum absolute atomic E-state index is 0.362. The molecule has 2 aromatic carbocycles. The lowest BCUT2D eigenvalue weighted by molar-refractivity contribution is 0.262. The van der Waals surface area contributed by atoms with Gasteiger partial charge in [0.2, 0.25) is 5.88 Å². The van der Waals surface area contributed by atoms with Crippen LogP contribution < -0.4 is 20.1 Å². The number of carbonyl (C=O) groups is 1. The lowest BCUT2D eigenvalue weighted by atomic mass is 10.2. The van der Waals surface area contributed by atoms with Crippen molar-refractivity contribution in [3.8, 4) is 28.6 Å². The first-order valence-corrected chi connectivity index (χ1v) is 10.4. The quantitative estimate of drug-likeness (QED) is 0.390. The van der Waals surface area contributed by atoms with Crippen LogP contribution in [0.25, 0.3) is 11.3 Å². The monoisotopic (exact) mass is 441 g/mol. The first-order valence-electron chi connectivity index (χ1n) is 10.4. The number of rotatable bonds is 7. The lowest BCUT2D eigenvalue weighted by Gasteiger charge is -2.14. The molecule has 2 heterocycles. The topological polar surface area (TPSA) is 98.3 Å². The summed E-state index contributed by atoms with van der Waals surface area (Å²) in [5, 5.41) is 5.56. The highest BCUT2D eigenvalue weighted by Crippen LogP contribution is 2.36. The van der Waals surface area contributed by atoms with Crippen molar-refractivity contribution >= 4 is 17.4 Å². The molecule has 0 radical (unpaired) electrons. The Kier molecular flexibility index (Phi) is 6.75. The van der Waals surface area contributed by atoms with E-state index in [0.717, 1.165) is 23.5 Å². The zero-order valence-electron chi connectivity index (χ0n) is 18.3. The fourth-order valence-corrected chi connectivity index (χ4v) is 3.14. The number of nitrogens with zero attached hydrogens (tertiary/aromatic N) is 3. The Morgan fingerprint density at radius 2 is 1.70 bits per heavy atom. The Morgan fingerprint density at radius 1 is 0.879 bits per heavy atom. The summed E-state index contributed by atoms with van der Waals surface area (Å²) < 4.78 is 11.6. The number of amides is 2. The second-order valence-electron chi connectivity index (χ2n) is 6.98. The van der Waals surface area contributed by atoms with Gasteiger partial charge in [0.15, 0.2) is 11.5 Å². The SMILES string of the molecule is CCc1nccc(-c2cccnc2Oc2ccc(NC(=O)Nc3ccccc3)cc2OC)n1. The van der Waals surface area contributed by atoms with Crippen LogP contribution in [0, 0.1) is 0 Å². The van der Waals surface area contributed by atoms with Crippen molar-refractivity contribution in [3.63, 3.8) is 0 Å². The van der Waals surface area contributed by atoms with Gasteiger partial charge in [-0.25, -0.2) is 19.7 Å². The van der Waals surface area contributed by atoms with Crippen LogP contribution in [0.15, 0.2) is 79.1 Å². The summed E-state index contributed by atoms with van der Waals surface area (Å²) in [5.74, 6) is 2.03. The summed E-state index contributed by atoms with van der Waals surface area (Å²) in [5.41, 5.74) is 2.71. The Hall–Kier alpha value is -4.46. The number of anilines is 2. The Morgan fingerprint density at radius 3 is 2.48 bits per heavy atom. The molecular formula is C25H23N5O3. The van der Waals surface area contributed by atoms with Gasteiger partial charge in [-0.1, -0.05) is 25.1 Å². The molecule has 0 bridgehead atoms. The van der Waals surface area contributed by atoms with E-state index in [4.69, 9.17) is 9.47 Å². The van der Waals surface area contributed by atoms with Crippen LogP contribution >= 0.6 is 0 Å². The number of urea groups is 1. The second kappa shape index (κ2) is 10.2. The number of benzene rings is 2. The molecule has 8 heteroatoms. The number of aromatic nitrogens is 3. The van der Waals surface area contributed by atoms with Crippen molar-refractivity contribution in [1.29, 1.82) is 0 Å². The van der Waals surface area contributed by atoms with Crippen LogP contribution in [0.5, 0.6) is 17.4 Å². The zero-order chi connectivity index (χ0) is 23.0. The molecule has 0 aliphatic rings. The van der Waals surface area contributed by atoms with E-state index in [1.54, 1.807) is 30.6 Å². The smallest absolute Gasteiger partial charge is 0.323 e. The van der Waals surface area contributed by atoms with E-state index < -0.39 is 0 Å². The first kappa shape index (κ1) is 21.8. The highest BCUT2D eigenvalue weighted by molar-refractivity contribution is 5.99. The highest BCUT2D eigenvalue weighted by Gasteiger charge is 2.14.